The van der Waals surface area contributed by atoms with Crippen molar-refractivity contribution in [1.29, 1.82) is 0 Å². The maximum absolute atomic E-state index is 11.5. The van der Waals surface area contributed by atoms with Crippen molar-refractivity contribution in [3.8, 4) is 0 Å². The summed E-state index contributed by atoms with van der Waals surface area (Å²) in [6.45, 7) is 1.57. The van der Waals surface area contributed by atoms with E-state index in [4.69, 9.17) is 4.74 Å². The van der Waals surface area contributed by atoms with Crippen LogP contribution in [0.2, 0.25) is 0 Å². The molecule has 0 spiro atoms. The maximum atomic E-state index is 11.5. The molecule has 0 unspecified atom stereocenters. The molecule has 0 aromatic heterocycles. The van der Waals surface area contributed by atoms with Gasteiger partial charge in [-0.1, -0.05) is 15.9 Å². The highest BCUT2D eigenvalue weighted by molar-refractivity contribution is 9.10. The van der Waals surface area contributed by atoms with E-state index in [1.165, 1.54) is 7.11 Å². The first-order chi connectivity index (χ1) is 7.69. The fourth-order valence-corrected chi connectivity index (χ4v) is 1.63. The molecule has 0 radical (unpaired) electrons. The second kappa shape index (κ2) is 6.50. The Morgan fingerprint density at radius 2 is 2.19 bits per heavy atom. The molecule has 5 heteroatoms. The zero-order chi connectivity index (χ0) is 12.0. The lowest BCUT2D eigenvalue weighted by molar-refractivity contribution is 0.0602. The molecule has 0 aliphatic carbocycles. The second-order valence-electron chi connectivity index (χ2n) is 3.21. The van der Waals surface area contributed by atoms with Gasteiger partial charge in [0.25, 0.3) is 0 Å². The molecule has 0 amide bonds. The summed E-state index contributed by atoms with van der Waals surface area (Å²) in [5.41, 5.74) is 1.32. The van der Waals surface area contributed by atoms with Crippen molar-refractivity contribution in [3.63, 3.8) is 0 Å². The van der Waals surface area contributed by atoms with E-state index in [0.717, 1.165) is 23.2 Å². The van der Waals surface area contributed by atoms with Crippen LogP contribution in [0.15, 0.2) is 22.7 Å². The minimum absolute atomic E-state index is 0.334. The zero-order valence-corrected chi connectivity index (χ0v) is 10.9. The van der Waals surface area contributed by atoms with Crippen molar-refractivity contribution in [2.24, 2.45) is 0 Å². The summed E-state index contributed by atoms with van der Waals surface area (Å²) >= 11 is 3.37. The van der Waals surface area contributed by atoms with E-state index in [1.807, 2.05) is 19.2 Å². The molecule has 1 rings (SSSR count). The Bertz CT molecular complexity index is 369. The number of rotatable bonds is 5. The molecular weight excluding hydrogens is 272 g/mol. The van der Waals surface area contributed by atoms with Crippen LogP contribution >= 0.6 is 15.9 Å². The first-order valence-corrected chi connectivity index (χ1v) is 5.74. The van der Waals surface area contributed by atoms with Gasteiger partial charge in [0, 0.05) is 23.2 Å². The Morgan fingerprint density at radius 3 is 2.81 bits per heavy atom. The van der Waals surface area contributed by atoms with Gasteiger partial charge >= 0.3 is 5.97 Å². The van der Waals surface area contributed by atoms with Gasteiger partial charge in [-0.3, -0.25) is 0 Å². The van der Waals surface area contributed by atoms with Crippen molar-refractivity contribution in [2.75, 3.05) is 32.6 Å². The third kappa shape index (κ3) is 3.50. The van der Waals surface area contributed by atoms with Crippen LogP contribution in [-0.2, 0) is 4.74 Å². The number of nitrogens with one attached hydrogen (secondary N) is 2. The maximum Gasteiger partial charge on any atom is 0.339 e. The van der Waals surface area contributed by atoms with Gasteiger partial charge in [0.1, 0.15) is 0 Å². The van der Waals surface area contributed by atoms with Crippen molar-refractivity contribution in [1.82, 2.24) is 5.32 Å². The van der Waals surface area contributed by atoms with Crippen LogP contribution in [0.4, 0.5) is 5.69 Å². The lowest BCUT2D eigenvalue weighted by Gasteiger charge is -2.10. The quantitative estimate of drug-likeness (QED) is 0.641. The predicted molar refractivity (Wildman–Crippen MR) is 67.9 cm³/mol. The number of hydrogen-bond donors (Lipinski definition) is 2. The molecule has 2 N–H and O–H groups in total. The highest BCUT2D eigenvalue weighted by Crippen LogP contribution is 2.21. The number of ether oxygens (including phenoxy) is 1. The van der Waals surface area contributed by atoms with Gasteiger partial charge in [-0.15, -0.1) is 0 Å². The van der Waals surface area contributed by atoms with E-state index in [2.05, 4.69) is 26.6 Å². The average molecular weight is 287 g/mol. The minimum atomic E-state index is -0.334. The topological polar surface area (TPSA) is 50.4 Å². The van der Waals surface area contributed by atoms with Crippen LogP contribution in [-0.4, -0.2) is 33.2 Å². The van der Waals surface area contributed by atoms with Gasteiger partial charge in [0.15, 0.2) is 0 Å². The summed E-state index contributed by atoms with van der Waals surface area (Å²) in [6, 6.07) is 5.41. The highest BCUT2D eigenvalue weighted by Gasteiger charge is 2.11. The van der Waals surface area contributed by atoms with E-state index < -0.39 is 0 Å². The Hall–Kier alpha value is -1.07. The van der Waals surface area contributed by atoms with Crippen molar-refractivity contribution < 1.29 is 9.53 Å². The predicted octanol–water partition coefficient (Wildman–Crippen LogP) is 1.87. The third-order valence-corrected chi connectivity index (χ3v) is 2.57. The number of hydrogen-bond acceptors (Lipinski definition) is 4. The summed E-state index contributed by atoms with van der Waals surface area (Å²) in [4.78, 5) is 11.5. The fraction of sp³-hybridized carbons (Fsp3) is 0.364. The molecule has 0 heterocycles. The molecule has 0 saturated carbocycles. The Morgan fingerprint density at radius 1 is 1.44 bits per heavy atom. The van der Waals surface area contributed by atoms with Crippen LogP contribution in [0.25, 0.3) is 0 Å². The number of esters is 1. The molecular formula is C11H15BrN2O2. The summed E-state index contributed by atoms with van der Waals surface area (Å²) in [5, 5.41) is 6.20. The number of benzene rings is 1. The monoisotopic (exact) mass is 286 g/mol. The van der Waals surface area contributed by atoms with Gasteiger partial charge in [-0.25, -0.2) is 4.79 Å². The Kier molecular flexibility index (Phi) is 5.28. The van der Waals surface area contributed by atoms with E-state index in [9.17, 15) is 4.79 Å². The first kappa shape index (κ1) is 13.0. The molecule has 4 nitrogen and oxygen atoms in total. The number of carbonyl (C=O) groups excluding carboxylic acids is 1. The summed E-state index contributed by atoms with van der Waals surface area (Å²) in [5.74, 6) is -0.334. The minimum Gasteiger partial charge on any atom is -0.465 e. The van der Waals surface area contributed by atoms with Crippen molar-refractivity contribution in [2.45, 2.75) is 0 Å². The number of anilines is 1. The van der Waals surface area contributed by atoms with Gasteiger partial charge in [-0.05, 0) is 25.2 Å². The normalized spacial score (nSPS) is 9.94. The SMILES string of the molecule is CNCCNc1cc(Br)ccc1C(=O)OC. The molecule has 0 saturated heterocycles. The van der Waals surface area contributed by atoms with E-state index in [-0.39, 0.29) is 5.97 Å². The van der Waals surface area contributed by atoms with Crippen LogP contribution in [0.5, 0.6) is 0 Å². The first-order valence-electron chi connectivity index (χ1n) is 4.95. The smallest absolute Gasteiger partial charge is 0.339 e. The fourth-order valence-electron chi connectivity index (χ4n) is 1.27. The van der Waals surface area contributed by atoms with Gasteiger partial charge in [0.05, 0.1) is 12.7 Å². The summed E-state index contributed by atoms with van der Waals surface area (Å²) in [6.07, 6.45) is 0. The Labute approximate surface area is 103 Å². The molecule has 16 heavy (non-hydrogen) atoms. The summed E-state index contributed by atoms with van der Waals surface area (Å²) < 4.78 is 5.64. The molecule has 0 aliphatic heterocycles. The zero-order valence-electron chi connectivity index (χ0n) is 9.34. The number of likely N-dealkylation sites (N-methyl/N-ethyl adjacent to an activating group) is 1. The van der Waals surface area contributed by atoms with Gasteiger partial charge in [-0.2, -0.15) is 0 Å². The van der Waals surface area contributed by atoms with Crippen molar-refractivity contribution >= 4 is 27.6 Å². The molecule has 0 bridgehead atoms. The van der Waals surface area contributed by atoms with E-state index in [1.54, 1.807) is 6.07 Å². The lowest BCUT2D eigenvalue weighted by Crippen LogP contribution is -2.19. The third-order valence-electron chi connectivity index (χ3n) is 2.08. The molecule has 0 aliphatic rings. The highest BCUT2D eigenvalue weighted by atomic mass is 79.9. The largest absolute Gasteiger partial charge is 0.465 e. The summed E-state index contributed by atoms with van der Waals surface area (Å²) in [7, 11) is 3.26. The second-order valence-corrected chi connectivity index (χ2v) is 4.13. The molecule has 88 valence electrons. The van der Waals surface area contributed by atoms with Crippen LogP contribution in [0, 0.1) is 0 Å². The number of halogens is 1. The van der Waals surface area contributed by atoms with Crippen LogP contribution in [0.1, 0.15) is 10.4 Å². The standard InChI is InChI=1S/C11H15BrN2O2/c1-13-5-6-14-10-7-8(12)3-4-9(10)11(15)16-2/h3-4,7,13-14H,5-6H2,1-2H3. The Balaban J connectivity index is 2.85. The lowest BCUT2D eigenvalue weighted by atomic mass is 10.2. The van der Waals surface area contributed by atoms with Crippen molar-refractivity contribution in [3.05, 3.63) is 28.2 Å². The molecule has 0 fully saturated rings. The molecule has 0 atom stereocenters. The molecule has 1 aromatic rings. The van der Waals surface area contributed by atoms with Gasteiger partial charge in [0.2, 0.25) is 0 Å². The van der Waals surface area contributed by atoms with Crippen LogP contribution in [0.3, 0.4) is 0 Å². The van der Waals surface area contributed by atoms with E-state index in [0.29, 0.717) is 5.56 Å². The van der Waals surface area contributed by atoms with Crippen LogP contribution < -0.4 is 10.6 Å². The average Bonchev–Trinajstić information content (AvgIpc) is 2.29. The van der Waals surface area contributed by atoms with Gasteiger partial charge < -0.3 is 15.4 Å². The molecule has 1 aromatic carbocycles. The van der Waals surface area contributed by atoms with E-state index >= 15 is 0 Å². The number of methoxy groups -OCH3 is 1. The number of carbonyl (C=O) groups is 1.